The predicted molar refractivity (Wildman–Crippen MR) is 116 cm³/mol. The topological polar surface area (TPSA) is 83.9 Å². The average Bonchev–Trinajstić information content (AvgIpc) is 3.03. The number of ketones is 2. The van der Waals surface area contributed by atoms with E-state index in [0.29, 0.717) is 49.9 Å². The second-order valence-electron chi connectivity index (χ2n) is 9.36. The molecule has 0 spiro atoms. The fourth-order valence-electron chi connectivity index (χ4n) is 5.89. The molecular formula is C25H29NO5. The molecule has 0 amide bonds. The standard InChI is InChI=1S/C25H29NO5/c1-5-11-26(12-6-2)13-15-20-22(29)21(28)19-16-7-8-18(27)24(16,3)10-9-17(19)25(20,4)14-31-23(15)30/h5-6,13,16,29H,1-2,7-12,14H2,3-4H3/b15-13+. The van der Waals surface area contributed by atoms with Crippen molar-refractivity contribution in [3.63, 3.8) is 0 Å². The van der Waals surface area contributed by atoms with Crippen molar-refractivity contribution in [2.24, 2.45) is 16.7 Å². The zero-order chi connectivity index (χ0) is 22.6. The Balaban J connectivity index is 1.86. The third-order valence-corrected chi connectivity index (χ3v) is 7.57. The van der Waals surface area contributed by atoms with Crippen LogP contribution < -0.4 is 0 Å². The van der Waals surface area contributed by atoms with Crippen LogP contribution in [0.1, 0.15) is 39.5 Å². The quantitative estimate of drug-likeness (QED) is 0.413. The van der Waals surface area contributed by atoms with Crippen LogP contribution in [0.25, 0.3) is 0 Å². The minimum Gasteiger partial charge on any atom is -0.504 e. The summed E-state index contributed by atoms with van der Waals surface area (Å²) in [6.45, 7) is 12.4. The van der Waals surface area contributed by atoms with Gasteiger partial charge in [-0.15, -0.1) is 13.2 Å². The Morgan fingerprint density at radius 1 is 1.16 bits per heavy atom. The number of hydrogen-bond donors (Lipinski definition) is 1. The van der Waals surface area contributed by atoms with Crippen molar-refractivity contribution in [2.45, 2.75) is 39.5 Å². The number of allylic oxidation sites excluding steroid dienone is 1. The number of carbonyl (C=O) groups excluding carboxylic acids is 3. The normalized spacial score (nSPS) is 33.7. The average molecular weight is 424 g/mol. The molecule has 0 bridgehead atoms. The minimum absolute atomic E-state index is 0.0645. The Hall–Kier alpha value is -2.89. The molecule has 3 unspecified atom stereocenters. The van der Waals surface area contributed by atoms with E-state index in [9.17, 15) is 19.5 Å². The predicted octanol–water partition coefficient (Wildman–Crippen LogP) is 3.58. The highest BCUT2D eigenvalue weighted by atomic mass is 16.5. The van der Waals surface area contributed by atoms with E-state index in [2.05, 4.69) is 13.2 Å². The van der Waals surface area contributed by atoms with Gasteiger partial charge in [0, 0.05) is 48.2 Å². The second-order valence-corrected chi connectivity index (χ2v) is 9.36. The van der Waals surface area contributed by atoms with E-state index in [0.717, 1.165) is 5.57 Å². The Morgan fingerprint density at radius 3 is 2.48 bits per heavy atom. The highest BCUT2D eigenvalue weighted by Gasteiger charge is 2.58. The lowest BCUT2D eigenvalue weighted by atomic mass is 9.56. The summed E-state index contributed by atoms with van der Waals surface area (Å²) in [6.07, 6.45) is 7.34. The number of aliphatic hydroxyl groups excluding tert-OH is 1. The van der Waals surface area contributed by atoms with Crippen molar-refractivity contribution < 1.29 is 24.2 Å². The first-order chi connectivity index (χ1) is 14.7. The first-order valence-electron chi connectivity index (χ1n) is 10.8. The number of rotatable bonds is 5. The molecule has 0 radical (unpaired) electrons. The zero-order valence-corrected chi connectivity index (χ0v) is 18.2. The molecule has 1 aliphatic heterocycles. The number of cyclic esters (lactones) is 1. The summed E-state index contributed by atoms with van der Waals surface area (Å²) in [7, 11) is 0. The summed E-state index contributed by atoms with van der Waals surface area (Å²) in [6, 6.07) is 0. The van der Waals surface area contributed by atoms with Gasteiger partial charge in [0.2, 0.25) is 5.78 Å². The molecule has 6 nitrogen and oxygen atoms in total. The van der Waals surface area contributed by atoms with Crippen molar-refractivity contribution in [3.05, 3.63) is 59.6 Å². The molecule has 0 aromatic carbocycles. The Bertz CT molecular complexity index is 989. The number of fused-ring (bicyclic) bond motifs is 4. The molecule has 0 aromatic heterocycles. The number of nitrogens with zero attached hydrogens (tertiary/aromatic N) is 1. The van der Waals surface area contributed by atoms with Gasteiger partial charge in [0.1, 0.15) is 12.4 Å². The maximum atomic E-state index is 13.4. The maximum Gasteiger partial charge on any atom is 0.340 e. The molecule has 4 rings (SSSR count). The van der Waals surface area contributed by atoms with Gasteiger partial charge in [-0.05, 0) is 31.8 Å². The fourth-order valence-corrected chi connectivity index (χ4v) is 5.89. The van der Waals surface area contributed by atoms with Gasteiger partial charge in [-0.25, -0.2) is 4.79 Å². The number of aliphatic hydroxyl groups is 1. The van der Waals surface area contributed by atoms with Gasteiger partial charge in [0.15, 0.2) is 5.76 Å². The number of hydrogen-bond acceptors (Lipinski definition) is 6. The SMILES string of the molecule is C=CCN(/C=C1/C(=O)OCC2(C)C3=C(C(=O)C(O)=C12)C1CCC(=O)C1(C)CC3)CC=C. The van der Waals surface area contributed by atoms with Crippen molar-refractivity contribution in [1.82, 2.24) is 4.90 Å². The van der Waals surface area contributed by atoms with Crippen LogP contribution in [0, 0.1) is 16.7 Å². The van der Waals surface area contributed by atoms with Gasteiger partial charge in [-0.1, -0.05) is 19.1 Å². The molecule has 164 valence electrons. The van der Waals surface area contributed by atoms with Crippen molar-refractivity contribution >= 4 is 17.5 Å². The molecule has 3 atom stereocenters. The summed E-state index contributed by atoms with van der Waals surface area (Å²) >= 11 is 0. The molecule has 6 heteroatoms. The number of esters is 1. The first kappa shape index (κ1) is 21.3. The monoisotopic (exact) mass is 423 g/mol. The Labute approximate surface area is 182 Å². The number of carbonyl (C=O) groups is 3. The lowest BCUT2D eigenvalue weighted by molar-refractivity contribution is -0.143. The molecule has 31 heavy (non-hydrogen) atoms. The summed E-state index contributed by atoms with van der Waals surface area (Å²) < 4.78 is 5.57. The molecule has 1 heterocycles. The van der Waals surface area contributed by atoms with E-state index in [-0.39, 0.29) is 23.9 Å². The van der Waals surface area contributed by atoms with Crippen molar-refractivity contribution in [3.8, 4) is 0 Å². The lowest BCUT2D eigenvalue weighted by Crippen LogP contribution is -2.47. The minimum atomic E-state index is -0.798. The first-order valence-corrected chi connectivity index (χ1v) is 10.8. The third kappa shape index (κ3) is 2.95. The Kier molecular flexibility index (Phi) is 5.07. The van der Waals surface area contributed by atoms with E-state index >= 15 is 0 Å². The van der Waals surface area contributed by atoms with Gasteiger partial charge < -0.3 is 14.7 Å². The van der Waals surface area contributed by atoms with Crippen LogP contribution in [0.3, 0.4) is 0 Å². The number of Topliss-reactive ketones (excluding diaryl/α,β-unsaturated/α-hetero) is 2. The largest absolute Gasteiger partial charge is 0.504 e. The van der Waals surface area contributed by atoms with Crippen LogP contribution in [0.2, 0.25) is 0 Å². The highest BCUT2D eigenvalue weighted by Crippen LogP contribution is 2.60. The fraction of sp³-hybridized carbons (Fsp3) is 0.480. The van der Waals surface area contributed by atoms with E-state index in [4.69, 9.17) is 4.74 Å². The van der Waals surface area contributed by atoms with Crippen molar-refractivity contribution in [1.29, 1.82) is 0 Å². The van der Waals surface area contributed by atoms with Crippen LogP contribution >= 0.6 is 0 Å². The van der Waals surface area contributed by atoms with Crippen molar-refractivity contribution in [2.75, 3.05) is 19.7 Å². The van der Waals surface area contributed by atoms with Crippen LogP contribution in [-0.2, 0) is 19.1 Å². The van der Waals surface area contributed by atoms with Crippen LogP contribution in [0.4, 0.5) is 0 Å². The maximum absolute atomic E-state index is 13.4. The Morgan fingerprint density at radius 2 is 1.84 bits per heavy atom. The number of ether oxygens (including phenoxy) is 1. The van der Waals surface area contributed by atoms with Gasteiger partial charge in [0.05, 0.1) is 11.0 Å². The van der Waals surface area contributed by atoms with Crippen LogP contribution in [-0.4, -0.2) is 47.2 Å². The molecule has 4 aliphatic rings. The lowest BCUT2D eigenvalue weighted by Gasteiger charge is -2.48. The summed E-state index contributed by atoms with van der Waals surface area (Å²) in [5.41, 5.74) is 0.629. The van der Waals surface area contributed by atoms with E-state index in [1.807, 2.05) is 18.7 Å². The molecular weight excluding hydrogens is 394 g/mol. The van der Waals surface area contributed by atoms with E-state index < -0.39 is 28.3 Å². The van der Waals surface area contributed by atoms with Gasteiger partial charge in [-0.2, -0.15) is 0 Å². The molecule has 2 fully saturated rings. The van der Waals surface area contributed by atoms with Gasteiger partial charge in [0.25, 0.3) is 0 Å². The summed E-state index contributed by atoms with van der Waals surface area (Å²) in [5.74, 6) is -1.42. The zero-order valence-electron chi connectivity index (χ0n) is 18.2. The van der Waals surface area contributed by atoms with Crippen LogP contribution in [0.15, 0.2) is 59.6 Å². The van der Waals surface area contributed by atoms with E-state index in [1.54, 1.807) is 18.4 Å². The van der Waals surface area contributed by atoms with E-state index in [1.165, 1.54) is 0 Å². The summed E-state index contributed by atoms with van der Waals surface area (Å²) in [4.78, 5) is 40.6. The molecule has 0 aromatic rings. The second kappa shape index (κ2) is 7.36. The smallest absolute Gasteiger partial charge is 0.340 e. The highest BCUT2D eigenvalue weighted by molar-refractivity contribution is 6.13. The van der Waals surface area contributed by atoms with Gasteiger partial charge in [-0.3, -0.25) is 9.59 Å². The molecule has 1 saturated heterocycles. The summed E-state index contributed by atoms with van der Waals surface area (Å²) in [5, 5.41) is 11.1. The van der Waals surface area contributed by atoms with Gasteiger partial charge >= 0.3 is 5.97 Å². The van der Waals surface area contributed by atoms with Crippen LogP contribution in [0.5, 0.6) is 0 Å². The molecule has 1 saturated carbocycles. The third-order valence-electron chi connectivity index (χ3n) is 7.57. The molecule has 3 aliphatic carbocycles. The molecule has 1 N–H and O–H groups in total.